The van der Waals surface area contributed by atoms with Gasteiger partial charge in [0.1, 0.15) is 12.2 Å². The van der Waals surface area contributed by atoms with Gasteiger partial charge in [-0.1, -0.05) is 6.42 Å². The van der Waals surface area contributed by atoms with Gasteiger partial charge in [0.25, 0.3) is 5.91 Å². The van der Waals surface area contributed by atoms with Gasteiger partial charge >= 0.3 is 0 Å². The fourth-order valence-corrected chi connectivity index (χ4v) is 5.24. The maximum atomic E-state index is 12.7. The molecule has 1 aliphatic carbocycles. The van der Waals surface area contributed by atoms with E-state index in [2.05, 4.69) is 10.2 Å². The Morgan fingerprint density at radius 1 is 1.04 bits per heavy atom. The number of phenols is 1. The number of aromatic hydroxyl groups is 1. The van der Waals surface area contributed by atoms with E-state index < -0.39 is 42.2 Å². The molecule has 5 rings (SSSR count). The third kappa shape index (κ3) is 2.43. The van der Waals surface area contributed by atoms with Gasteiger partial charge in [-0.3, -0.25) is 9.69 Å². The summed E-state index contributed by atoms with van der Waals surface area (Å²) in [5.41, 5.74) is 0.569. The number of phenolic OH excluding ortho intramolecular Hbond substituents is 1. The molecule has 4 aliphatic rings. The molecule has 1 saturated carbocycles. The fraction of sp³-hybridized carbons (Fsp3) is 0.632. The maximum Gasteiger partial charge on any atom is 0.255 e. The highest BCUT2D eigenvalue weighted by Crippen LogP contribution is 2.50. The quantitative estimate of drug-likeness (QED) is 0.423. The molecule has 0 bridgehead atoms. The van der Waals surface area contributed by atoms with E-state index in [0.717, 1.165) is 32.4 Å². The first-order valence-corrected chi connectivity index (χ1v) is 9.73. The van der Waals surface area contributed by atoms with Crippen molar-refractivity contribution in [2.75, 3.05) is 19.9 Å². The van der Waals surface area contributed by atoms with Crippen LogP contribution >= 0.6 is 0 Å². The Morgan fingerprint density at radius 2 is 1.79 bits per heavy atom. The van der Waals surface area contributed by atoms with Crippen molar-refractivity contribution < 1.29 is 34.7 Å². The van der Waals surface area contributed by atoms with Crippen molar-refractivity contribution in [3.8, 4) is 17.2 Å². The molecule has 1 saturated heterocycles. The predicted octanol–water partition coefficient (Wildman–Crippen LogP) is -0.733. The standard InChI is InChI=1S/C19H24N2O7/c22-14-11-8(6-9-18(14)28-7-27-9)10-12(20-19(11)26)15(23)17(25)16(24)13(10)21-4-2-1-3-5-21/h6,10,12-13,15-17,22-25H,1-5,7H2,(H,20,26)/t10?,12-,13?,15?,16+,17?/m1/s1. The Morgan fingerprint density at radius 3 is 2.54 bits per heavy atom. The number of benzene rings is 1. The van der Waals surface area contributed by atoms with Crippen LogP contribution in [0.5, 0.6) is 17.2 Å². The first-order chi connectivity index (χ1) is 13.5. The van der Waals surface area contributed by atoms with Crippen LogP contribution < -0.4 is 14.8 Å². The molecule has 3 aliphatic heterocycles. The maximum absolute atomic E-state index is 12.7. The van der Waals surface area contributed by atoms with Gasteiger partial charge < -0.3 is 35.2 Å². The zero-order valence-corrected chi connectivity index (χ0v) is 15.2. The molecule has 6 atom stereocenters. The molecule has 5 N–H and O–H groups in total. The largest absolute Gasteiger partial charge is 0.504 e. The first kappa shape index (κ1) is 18.0. The van der Waals surface area contributed by atoms with Crippen molar-refractivity contribution in [1.82, 2.24) is 10.2 Å². The van der Waals surface area contributed by atoms with Crippen LogP contribution in [0.15, 0.2) is 6.07 Å². The Hall–Kier alpha value is -2.07. The number of hydrogen-bond donors (Lipinski definition) is 5. The Balaban J connectivity index is 1.67. The predicted molar refractivity (Wildman–Crippen MR) is 95.5 cm³/mol. The molecule has 0 spiro atoms. The molecule has 0 aromatic heterocycles. The summed E-state index contributed by atoms with van der Waals surface area (Å²) in [4.78, 5) is 14.9. The number of ether oxygens (including phenoxy) is 2. The summed E-state index contributed by atoms with van der Waals surface area (Å²) >= 11 is 0. The van der Waals surface area contributed by atoms with Gasteiger partial charge in [-0.25, -0.2) is 0 Å². The van der Waals surface area contributed by atoms with Gasteiger partial charge in [-0.15, -0.1) is 0 Å². The summed E-state index contributed by atoms with van der Waals surface area (Å²) < 4.78 is 10.7. The number of amides is 1. The lowest BCUT2D eigenvalue weighted by molar-refractivity contribution is -0.142. The summed E-state index contributed by atoms with van der Waals surface area (Å²) in [7, 11) is 0. The zero-order valence-electron chi connectivity index (χ0n) is 15.2. The second-order valence-electron chi connectivity index (χ2n) is 8.01. The average molecular weight is 392 g/mol. The Labute approximate surface area is 161 Å². The number of hydrogen-bond acceptors (Lipinski definition) is 8. The highest BCUT2D eigenvalue weighted by molar-refractivity contribution is 6.01. The Bertz CT molecular complexity index is 808. The normalized spacial score (nSPS) is 37.2. The van der Waals surface area contributed by atoms with Gasteiger partial charge in [0.15, 0.2) is 11.5 Å². The van der Waals surface area contributed by atoms with E-state index in [4.69, 9.17) is 9.47 Å². The number of piperidine rings is 1. The summed E-state index contributed by atoms with van der Waals surface area (Å²) in [5, 5.41) is 45.3. The number of rotatable bonds is 1. The van der Waals surface area contributed by atoms with Crippen LogP contribution in [0.2, 0.25) is 0 Å². The number of aliphatic hydroxyl groups excluding tert-OH is 3. The van der Waals surface area contributed by atoms with Crippen LogP contribution in [0.1, 0.15) is 41.1 Å². The van der Waals surface area contributed by atoms with E-state index in [0.29, 0.717) is 11.3 Å². The molecular weight excluding hydrogens is 368 g/mol. The molecule has 152 valence electrons. The minimum absolute atomic E-state index is 0.0545. The van der Waals surface area contributed by atoms with E-state index in [9.17, 15) is 25.2 Å². The number of carbonyl (C=O) groups is 1. The molecule has 3 heterocycles. The second-order valence-corrected chi connectivity index (χ2v) is 8.01. The van der Waals surface area contributed by atoms with Gasteiger partial charge in [-0.05, 0) is 37.6 Å². The van der Waals surface area contributed by atoms with E-state index >= 15 is 0 Å². The molecule has 9 nitrogen and oxygen atoms in total. The van der Waals surface area contributed by atoms with Gasteiger partial charge in [0.2, 0.25) is 12.5 Å². The van der Waals surface area contributed by atoms with Gasteiger partial charge in [0.05, 0.1) is 17.7 Å². The molecule has 28 heavy (non-hydrogen) atoms. The lowest BCUT2D eigenvalue weighted by atomic mass is 9.68. The minimum atomic E-state index is -1.38. The summed E-state index contributed by atoms with van der Waals surface area (Å²) in [6, 6.07) is 0.356. The van der Waals surface area contributed by atoms with Crippen molar-refractivity contribution in [2.45, 2.75) is 55.6 Å². The van der Waals surface area contributed by atoms with Crippen LogP contribution in [0, 0.1) is 0 Å². The van der Waals surface area contributed by atoms with Crippen LogP contribution in [0.4, 0.5) is 0 Å². The number of likely N-dealkylation sites (tertiary alicyclic amines) is 1. The zero-order chi connectivity index (χ0) is 19.6. The number of carbonyl (C=O) groups excluding carboxylic acids is 1. The van der Waals surface area contributed by atoms with Crippen LogP contribution in [-0.2, 0) is 0 Å². The van der Waals surface area contributed by atoms with Crippen molar-refractivity contribution >= 4 is 5.91 Å². The number of nitrogens with zero attached hydrogens (tertiary/aromatic N) is 1. The molecule has 1 aromatic rings. The Kier molecular flexibility index (Phi) is 4.16. The lowest BCUT2D eigenvalue weighted by Gasteiger charge is -2.53. The van der Waals surface area contributed by atoms with Crippen LogP contribution in [0.25, 0.3) is 0 Å². The average Bonchev–Trinajstić information content (AvgIpc) is 3.17. The topological polar surface area (TPSA) is 132 Å². The van der Waals surface area contributed by atoms with Crippen LogP contribution in [0.3, 0.4) is 0 Å². The van der Waals surface area contributed by atoms with Gasteiger partial charge in [0, 0.05) is 12.0 Å². The highest BCUT2D eigenvalue weighted by atomic mass is 16.7. The van der Waals surface area contributed by atoms with Crippen molar-refractivity contribution in [1.29, 1.82) is 0 Å². The van der Waals surface area contributed by atoms with Gasteiger partial charge in [-0.2, -0.15) is 0 Å². The lowest BCUT2D eigenvalue weighted by Crippen LogP contribution is -2.70. The number of aliphatic hydroxyl groups is 3. The first-order valence-electron chi connectivity index (χ1n) is 9.73. The van der Waals surface area contributed by atoms with E-state index in [1.54, 1.807) is 6.07 Å². The summed E-state index contributed by atoms with van der Waals surface area (Å²) in [6.45, 7) is 1.46. The van der Waals surface area contributed by atoms with Crippen molar-refractivity contribution in [2.24, 2.45) is 0 Å². The summed E-state index contributed by atoms with van der Waals surface area (Å²) in [5.74, 6) is -0.906. The molecule has 1 aromatic carbocycles. The fourth-order valence-electron chi connectivity index (χ4n) is 5.24. The SMILES string of the molecule is O=C1N[C@H]2C(O)C(O)[C@@H](O)C(N3CCCCC3)C2c2cc3c(c(O)c21)OCO3. The number of fused-ring (bicyclic) bond motifs is 4. The van der Waals surface area contributed by atoms with E-state index in [1.165, 1.54) is 0 Å². The summed E-state index contributed by atoms with van der Waals surface area (Å²) in [6.07, 6.45) is -0.839. The minimum Gasteiger partial charge on any atom is -0.504 e. The molecule has 0 radical (unpaired) electrons. The second kappa shape index (κ2) is 6.48. The van der Waals surface area contributed by atoms with Crippen LogP contribution in [-0.4, -0.2) is 81.5 Å². The third-order valence-electron chi connectivity index (χ3n) is 6.54. The highest BCUT2D eigenvalue weighted by Gasteiger charge is 2.55. The smallest absolute Gasteiger partial charge is 0.255 e. The third-order valence-corrected chi connectivity index (χ3v) is 6.54. The molecule has 9 heteroatoms. The molecule has 1 amide bonds. The monoisotopic (exact) mass is 392 g/mol. The van der Waals surface area contributed by atoms with E-state index in [-0.39, 0.29) is 23.9 Å². The molecule has 4 unspecified atom stereocenters. The molecular formula is C19H24N2O7. The van der Waals surface area contributed by atoms with Crippen molar-refractivity contribution in [3.05, 3.63) is 17.2 Å². The molecule has 2 fully saturated rings. The van der Waals surface area contributed by atoms with E-state index in [1.807, 2.05) is 0 Å². The van der Waals surface area contributed by atoms with Crippen molar-refractivity contribution in [3.63, 3.8) is 0 Å². The number of nitrogens with one attached hydrogen (secondary N) is 1.